The highest BCUT2D eigenvalue weighted by molar-refractivity contribution is 7.10. The number of hydrogen-bond donors (Lipinski definition) is 2. The van der Waals surface area contributed by atoms with E-state index in [2.05, 4.69) is 5.32 Å². The molecule has 1 amide bonds. The fourth-order valence-electron chi connectivity index (χ4n) is 1.98. The van der Waals surface area contributed by atoms with E-state index in [0.29, 0.717) is 6.42 Å². The summed E-state index contributed by atoms with van der Waals surface area (Å²) in [6, 6.07) is 1.93. The number of nitrogens with one attached hydrogen (secondary N) is 1. The van der Waals surface area contributed by atoms with Crippen molar-refractivity contribution in [3.63, 3.8) is 0 Å². The zero-order valence-electron chi connectivity index (χ0n) is 15.8. The van der Waals surface area contributed by atoms with Crippen LogP contribution in [0.25, 0.3) is 0 Å². The molecule has 0 aliphatic carbocycles. The Morgan fingerprint density at radius 2 is 1.85 bits per heavy atom. The largest absolute Gasteiger partial charge is 0.481 e. The minimum atomic E-state index is -1.02. The van der Waals surface area contributed by atoms with Crippen molar-refractivity contribution in [3.05, 3.63) is 21.9 Å². The number of aryl methyl sites for hydroxylation is 1. The number of amides is 1. The SMILES string of the molecule is Cc1ccsc1C[C@@H](CNC(=O)O[C@@H](OC(=O)C(C)C)C(C)C)C(=O)O. The highest BCUT2D eigenvalue weighted by atomic mass is 32.1. The topological polar surface area (TPSA) is 102 Å². The van der Waals surface area contributed by atoms with Gasteiger partial charge in [-0.25, -0.2) is 4.79 Å². The van der Waals surface area contributed by atoms with Gasteiger partial charge in [0.2, 0.25) is 0 Å². The number of ether oxygens (including phenoxy) is 2. The van der Waals surface area contributed by atoms with Crippen molar-refractivity contribution in [1.29, 1.82) is 0 Å². The summed E-state index contributed by atoms with van der Waals surface area (Å²) in [5, 5.41) is 13.7. The summed E-state index contributed by atoms with van der Waals surface area (Å²) in [4.78, 5) is 36.1. The predicted molar refractivity (Wildman–Crippen MR) is 97.9 cm³/mol. The summed E-state index contributed by atoms with van der Waals surface area (Å²) in [5.74, 6) is -2.80. The van der Waals surface area contributed by atoms with Gasteiger partial charge in [-0.1, -0.05) is 27.7 Å². The van der Waals surface area contributed by atoms with Gasteiger partial charge in [0.25, 0.3) is 6.29 Å². The van der Waals surface area contributed by atoms with Crippen LogP contribution in [0.3, 0.4) is 0 Å². The second kappa shape index (κ2) is 10.2. The van der Waals surface area contributed by atoms with Crippen LogP contribution in [0.4, 0.5) is 4.79 Å². The summed E-state index contributed by atoms with van der Waals surface area (Å²) in [7, 11) is 0. The van der Waals surface area contributed by atoms with E-state index in [-0.39, 0.29) is 18.4 Å². The smallest absolute Gasteiger partial charge is 0.410 e. The summed E-state index contributed by atoms with van der Waals surface area (Å²) in [6.45, 7) is 8.72. The summed E-state index contributed by atoms with van der Waals surface area (Å²) in [6.07, 6.45) is -1.50. The fraction of sp³-hybridized carbons (Fsp3) is 0.611. The molecule has 7 nitrogen and oxygen atoms in total. The van der Waals surface area contributed by atoms with E-state index in [1.165, 1.54) is 11.3 Å². The highest BCUT2D eigenvalue weighted by Gasteiger charge is 2.26. The Morgan fingerprint density at radius 3 is 2.31 bits per heavy atom. The Hall–Kier alpha value is -2.09. The van der Waals surface area contributed by atoms with Crippen LogP contribution in [-0.4, -0.2) is 36.0 Å². The lowest BCUT2D eigenvalue weighted by Gasteiger charge is -2.23. The first-order valence-corrected chi connectivity index (χ1v) is 9.40. The third-order valence-corrected chi connectivity index (χ3v) is 4.76. The van der Waals surface area contributed by atoms with Gasteiger partial charge in [0.05, 0.1) is 11.8 Å². The number of carbonyl (C=O) groups is 3. The number of alkyl carbamates (subject to hydrolysis) is 1. The Balaban J connectivity index is 2.59. The molecule has 0 radical (unpaired) electrons. The second-order valence-electron chi connectivity index (χ2n) is 6.76. The van der Waals surface area contributed by atoms with Crippen molar-refractivity contribution in [1.82, 2.24) is 5.32 Å². The molecule has 0 saturated carbocycles. The van der Waals surface area contributed by atoms with Gasteiger partial charge in [-0.2, -0.15) is 0 Å². The molecule has 0 aliphatic heterocycles. The van der Waals surface area contributed by atoms with Gasteiger partial charge in [-0.05, 0) is 30.4 Å². The minimum Gasteiger partial charge on any atom is -0.481 e. The predicted octanol–water partition coefficient (Wildman–Crippen LogP) is 3.21. The standard InChI is InChI=1S/C18H27NO6S/c1-10(2)16(22)24-17(11(3)4)25-18(23)19-9-13(15(20)21)8-14-12(5)6-7-26-14/h6-7,10-11,13,17H,8-9H2,1-5H3,(H,19,23)(H,20,21)/t13-,17+/m0/s1. The molecular weight excluding hydrogens is 358 g/mol. The molecule has 0 saturated heterocycles. The van der Waals surface area contributed by atoms with E-state index in [1.807, 2.05) is 18.4 Å². The monoisotopic (exact) mass is 385 g/mol. The molecule has 1 aromatic rings. The van der Waals surface area contributed by atoms with Crippen molar-refractivity contribution in [3.8, 4) is 0 Å². The molecule has 1 aromatic heterocycles. The van der Waals surface area contributed by atoms with Crippen molar-refractivity contribution < 1.29 is 29.0 Å². The van der Waals surface area contributed by atoms with Crippen LogP contribution in [0.2, 0.25) is 0 Å². The number of carboxylic acid groups (broad SMARTS) is 1. The highest BCUT2D eigenvalue weighted by Crippen LogP contribution is 2.20. The maximum Gasteiger partial charge on any atom is 0.410 e. The van der Waals surface area contributed by atoms with Crippen LogP contribution in [0.15, 0.2) is 11.4 Å². The summed E-state index contributed by atoms with van der Waals surface area (Å²) in [5.41, 5.74) is 1.03. The molecule has 0 aliphatic rings. The third kappa shape index (κ3) is 7.03. The molecular formula is C18H27NO6S. The average Bonchev–Trinajstić information content (AvgIpc) is 2.94. The van der Waals surface area contributed by atoms with Gasteiger partial charge >= 0.3 is 18.0 Å². The molecule has 26 heavy (non-hydrogen) atoms. The number of rotatable bonds is 9. The minimum absolute atomic E-state index is 0.0750. The quantitative estimate of drug-likeness (QED) is 0.500. The third-order valence-electron chi connectivity index (χ3n) is 3.71. The first kappa shape index (κ1) is 22.0. The van der Waals surface area contributed by atoms with E-state index < -0.39 is 30.2 Å². The number of carboxylic acids is 1. The number of aliphatic carboxylic acids is 1. The van der Waals surface area contributed by atoms with E-state index in [0.717, 1.165) is 10.4 Å². The average molecular weight is 385 g/mol. The van der Waals surface area contributed by atoms with Crippen molar-refractivity contribution in [2.75, 3.05) is 6.54 Å². The van der Waals surface area contributed by atoms with Gasteiger partial charge in [-0.3, -0.25) is 9.59 Å². The fourth-order valence-corrected chi connectivity index (χ4v) is 2.97. The first-order valence-electron chi connectivity index (χ1n) is 8.52. The normalized spacial score (nSPS) is 13.3. The van der Waals surface area contributed by atoms with Crippen LogP contribution < -0.4 is 5.32 Å². The molecule has 146 valence electrons. The lowest BCUT2D eigenvalue weighted by molar-refractivity contribution is -0.178. The molecule has 8 heteroatoms. The zero-order chi connectivity index (χ0) is 19.9. The molecule has 0 unspecified atom stereocenters. The van der Waals surface area contributed by atoms with Crippen molar-refractivity contribution in [2.45, 2.75) is 47.3 Å². The van der Waals surface area contributed by atoms with E-state index in [1.54, 1.807) is 27.7 Å². The number of esters is 1. The molecule has 1 rings (SSSR count). The van der Waals surface area contributed by atoms with Gasteiger partial charge in [0, 0.05) is 17.3 Å². The van der Waals surface area contributed by atoms with Gasteiger partial charge in [0.15, 0.2) is 0 Å². The van der Waals surface area contributed by atoms with Crippen LogP contribution in [0, 0.1) is 24.7 Å². The lowest BCUT2D eigenvalue weighted by atomic mass is 10.0. The number of thiophene rings is 1. The number of hydrogen-bond acceptors (Lipinski definition) is 6. The zero-order valence-corrected chi connectivity index (χ0v) is 16.6. The van der Waals surface area contributed by atoms with Crippen molar-refractivity contribution in [2.24, 2.45) is 17.8 Å². The Labute approximate surface area is 157 Å². The van der Waals surface area contributed by atoms with E-state index >= 15 is 0 Å². The van der Waals surface area contributed by atoms with Crippen LogP contribution in [0.1, 0.15) is 38.1 Å². The van der Waals surface area contributed by atoms with E-state index in [4.69, 9.17) is 9.47 Å². The van der Waals surface area contributed by atoms with Gasteiger partial charge < -0.3 is 19.9 Å². The lowest BCUT2D eigenvalue weighted by Crippen LogP contribution is -2.39. The molecule has 1 heterocycles. The van der Waals surface area contributed by atoms with Crippen LogP contribution in [-0.2, 0) is 25.5 Å². The Bertz CT molecular complexity index is 625. The van der Waals surface area contributed by atoms with Gasteiger partial charge in [-0.15, -0.1) is 11.3 Å². The summed E-state index contributed by atoms with van der Waals surface area (Å²) >= 11 is 1.49. The van der Waals surface area contributed by atoms with Crippen LogP contribution >= 0.6 is 11.3 Å². The second-order valence-corrected chi connectivity index (χ2v) is 7.76. The number of carbonyl (C=O) groups excluding carboxylic acids is 2. The summed E-state index contributed by atoms with van der Waals surface area (Å²) < 4.78 is 10.3. The molecule has 2 N–H and O–H groups in total. The Kier molecular flexibility index (Phi) is 8.57. The molecule has 0 aromatic carbocycles. The molecule has 0 fully saturated rings. The van der Waals surface area contributed by atoms with Crippen molar-refractivity contribution >= 4 is 29.4 Å². The van der Waals surface area contributed by atoms with Gasteiger partial charge in [0.1, 0.15) is 0 Å². The molecule has 0 spiro atoms. The Morgan fingerprint density at radius 1 is 1.19 bits per heavy atom. The molecule has 2 atom stereocenters. The molecule has 0 bridgehead atoms. The van der Waals surface area contributed by atoms with E-state index in [9.17, 15) is 19.5 Å². The maximum atomic E-state index is 12.0. The maximum absolute atomic E-state index is 12.0. The van der Waals surface area contributed by atoms with Crippen LogP contribution in [0.5, 0.6) is 0 Å². The first-order chi connectivity index (χ1) is 12.1.